The first kappa shape index (κ1) is 81.3. The minimum Gasteiger partial charge on any atom is -0.310 e. The summed E-state index contributed by atoms with van der Waals surface area (Å²) in [5, 5.41) is 7.28. The molecule has 0 N–H and O–H groups in total. The van der Waals surface area contributed by atoms with E-state index in [1.54, 1.807) is 0 Å². The van der Waals surface area contributed by atoms with Gasteiger partial charge in [-0.05, 0) is 237 Å². The van der Waals surface area contributed by atoms with Gasteiger partial charge in [0.2, 0.25) is 0 Å². The SMILES string of the molecule is CC(C)(C)c1cc(-c2ccccc2)c(N2c3cc(-n4c5cc(C(C)(C)C)ccc5c5ccc(C(C)(C)C)cc54)ccc3B3c4ccc5cc4N(c4cc(-c6cc(-c7ccccc7)c7c(c6)c6ccccc6n7-c6ccccc6)cc2c43)c2c(-c3ccccc3)cc(C(C)(C)C)cc2-c2cccc(c2)C(C)(C)c2ccc3c4ccc(C(C)(C)C)cc4n-5c3c2)c(-c2ccccc2)c1. The van der Waals surface area contributed by atoms with E-state index in [0.29, 0.717) is 0 Å². The van der Waals surface area contributed by atoms with Gasteiger partial charge in [0, 0.05) is 105 Å². The molecule has 3 aliphatic rings. The van der Waals surface area contributed by atoms with Crippen LogP contribution >= 0.6 is 0 Å². The first-order valence-electron chi connectivity index (χ1n) is 47.0. The standard InChI is InChI=1S/C125H110BN5/c1-120(2,3)84-50-56-95-96-57-51-85(121(4,5)6)72-109(96)127(108(95)71-84)92-54-60-105-112(75-92)130(117-100(78-38-25-19-26-39-78)67-89(123(10,11)12)68-101(117)79-40-27-20-28-41-79)114-65-83(82-63-99(77-36-23-18-24-37-77)119-104(64-82)94-48-33-34-49-107(94)129(119)91-46-31-22-32-47-91)66-115-116(114)126(105)106-61-55-93-76-113(106)131(115)118-102(80-42-29-21-30-43-80)69-90(124(13,14)15)70-103(118)81-44-35-45-87(62-81)125(16,17)88-53-59-98-97-58-52-86(122(7,8)9)73-110(97)128(93)111(98)74-88/h18-76H,1-17H3. The van der Waals surface area contributed by atoms with Crippen LogP contribution in [0.25, 0.3) is 149 Å². The summed E-state index contributed by atoms with van der Waals surface area (Å²) in [6, 6.07) is 140. The Morgan fingerprint density at radius 3 is 1.02 bits per heavy atom. The lowest BCUT2D eigenvalue weighted by molar-refractivity contribution is 0.590. The van der Waals surface area contributed by atoms with Gasteiger partial charge in [-0.15, -0.1) is 0 Å². The van der Waals surface area contributed by atoms with Crippen molar-refractivity contribution in [1.82, 2.24) is 13.7 Å². The lowest BCUT2D eigenvalue weighted by Crippen LogP contribution is -2.61. The van der Waals surface area contributed by atoms with E-state index in [9.17, 15) is 0 Å². The molecule has 131 heavy (non-hydrogen) atoms. The van der Waals surface area contributed by atoms with Crippen molar-refractivity contribution in [3.8, 4) is 83.8 Å². The van der Waals surface area contributed by atoms with Gasteiger partial charge in [0.25, 0.3) is 6.71 Å². The molecule has 0 saturated heterocycles. The lowest BCUT2D eigenvalue weighted by Gasteiger charge is -2.46. The maximum atomic E-state index is 2.80. The summed E-state index contributed by atoms with van der Waals surface area (Å²) >= 11 is 0. The molecule has 0 radical (unpaired) electrons. The van der Waals surface area contributed by atoms with Gasteiger partial charge in [-0.25, -0.2) is 0 Å². The average Bonchev–Trinajstić information content (AvgIpc) is 1.35. The molecule has 0 aliphatic carbocycles. The van der Waals surface area contributed by atoms with Crippen LogP contribution in [0.15, 0.2) is 358 Å². The highest BCUT2D eigenvalue weighted by molar-refractivity contribution is 7.00. The number of nitrogens with zero attached hydrogens (tertiary/aromatic N) is 5. The van der Waals surface area contributed by atoms with Crippen LogP contribution in [-0.2, 0) is 32.5 Å². The van der Waals surface area contributed by atoms with Gasteiger partial charge in [0.1, 0.15) is 0 Å². The zero-order chi connectivity index (χ0) is 90.0. The number of hydrogen-bond acceptors (Lipinski definition) is 2. The van der Waals surface area contributed by atoms with Crippen LogP contribution < -0.4 is 26.2 Å². The Morgan fingerprint density at radius 2 is 0.580 bits per heavy atom. The van der Waals surface area contributed by atoms with Crippen molar-refractivity contribution in [3.63, 3.8) is 0 Å². The van der Waals surface area contributed by atoms with E-state index < -0.39 is 5.41 Å². The monoisotopic (exact) mass is 1690 g/mol. The second-order valence-corrected chi connectivity index (χ2v) is 43.0. The highest BCUT2D eigenvalue weighted by atomic mass is 15.2. The van der Waals surface area contributed by atoms with Crippen LogP contribution in [0.3, 0.4) is 0 Å². The first-order valence-corrected chi connectivity index (χ1v) is 47.0. The lowest BCUT2D eigenvalue weighted by atomic mass is 9.33. The van der Waals surface area contributed by atoms with Crippen molar-refractivity contribution in [2.45, 2.75) is 150 Å². The topological polar surface area (TPSA) is 21.3 Å². The normalized spacial score (nSPS) is 13.7. The maximum absolute atomic E-state index is 2.80. The summed E-state index contributed by atoms with van der Waals surface area (Å²) in [4.78, 5) is 5.60. The summed E-state index contributed by atoms with van der Waals surface area (Å²) in [5.74, 6) is 0. The van der Waals surface area contributed by atoms with E-state index in [2.05, 4.69) is 499 Å². The van der Waals surface area contributed by atoms with E-state index in [4.69, 9.17) is 0 Å². The molecule has 0 unspecified atom stereocenters. The van der Waals surface area contributed by atoms with E-state index in [1.807, 2.05) is 0 Å². The highest BCUT2D eigenvalue weighted by Gasteiger charge is 2.47. The van der Waals surface area contributed by atoms with E-state index in [-0.39, 0.29) is 33.8 Å². The van der Waals surface area contributed by atoms with Crippen molar-refractivity contribution in [1.29, 1.82) is 0 Å². The molecule has 0 amide bonds. The van der Waals surface area contributed by atoms with E-state index >= 15 is 0 Å². The minimum atomic E-state index is -0.449. The Balaban J connectivity index is 0.953. The number of benzene rings is 17. The zero-order valence-electron chi connectivity index (χ0n) is 78.4. The van der Waals surface area contributed by atoms with Crippen molar-refractivity contribution < 1.29 is 0 Å². The molecule has 20 aromatic rings. The van der Waals surface area contributed by atoms with E-state index in [1.165, 1.54) is 110 Å². The van der Waals surface area contributed by atoms with Gasteiger partial charge in [-0.1, -0.05) is 360 Å². The van der Waals surface area contributed by atoms with Gasteiger partial charge < -0.3 is 23.5 Å². The van der Waals surface area contributed by atoms with Crippen LogP contribution in [-0.4, -0.2) is 20.4 Å². The van der Waals surface area contributed by atoms with Crippen LogP contribution in [0.5, 0.6) is 0 Å². The maximum Gasteiger partial charge on any atom is 0.252 e. The quantitative estimate of drug-likeness (QED) is 0.141. The van der Waals surface area contributed by atoms with E-state index in [0.717, 1.165) is 129 Å². The smallest absolute Gasteiger partial charge is 0.252 e. The molecule has 6 heteroatoms. The fourth-order valence-electron chi connectivity index (χ4n) is 21.8. The molecule has 3 aliphatic heterocycles. The molecular weight excluding hydrogens is 1580 g/mol. The molecule has 17 aromatic carbocycles. The Kier molecular flexibility index (Phi) is 18.3. The summed E-state index contributed by atoms with van der Waals surface area (Å²) < 4.78 is 7.77. The molecule has 638 valence electrons. The minimum absolute atomic E-state index is 0.139. The fraction of sp³-hybridized carbons (Fsp3) is 0.184. The number of para-hydroxylation sites is 2. The van der Waals surface area contributed by atoms with Gasteiger partial charge in [0.15, 0.2) is 0 Å². The van der Waals surface area contributed by atoms with Crippen LogP contribution in [0.2, 0.25) is 0 Å². The molecule has 0 fully saturated rings. The summed E-state index contributed by atoms with van der Waals surface area (Å²) in [5.41, 5.74) is 41.7. The molecule has 0 atom stereocenters. The third-order valence-corrected chi connectivity index (χ3v) is 29.2. The molecule has 0 spiro atoms. The van der Waals surface area contributed by atoms with Crippen molar-refractivity contribution >= 4 is 123 Å². The number of anilines is 6. The summed E-state index contributed by atoms with van der Waals surface area (Å²) in [6.07, 6.45) is 0. The van der Waals surface area contributed by atoms with Crippen molar-refractivity contribution in [3.05, 3.63) is 397 Å². The fourth-order valence-corrected chi connectivity index (χ4v) is 21.8. The molecule has 0 saturated carbocycles. The Morgan fingerprint density at radius 1 is 0.221 bits per heavy atom. The third-order valence-electron chi connectivity index (χ3n) is 29.2. The van der Waals surface area contributed by atoms with Gasteiger partial charge in [-0.3, -0.25) is 0 Å². The van der Waals surface area contributed by atoms with Gasteiger partial charge >= 0.3 is 0 Å². The summed E-state index contributed by atoms with van der Waals surface area (Å²) in [6.45, 7) is 40.0. The molecule has 5 nitrogen and oxygen atoms in total. The molecule has 6 heterocycles. The molecule has 6 bridgehead atoms. The van der Waals surface area contributed by atoms with Gasteiger partial charge in [-0.2, -0.15) is 0 Å². The van der Waals surface area contributed by atoms with Crippen LogP contribution in [0.1, 0.15) is 157 Å². The Labute approximate surface area is 771 Å². The number of rotatable bonds is 8. The average molecular weight is 1690 g/mol. The number of fused-ring (bicyclic) bond motifs is 21. The second-order valence-electron chi connectivity index (χ2n) is 43.0. The second kappa shape index (κ2) is 29.4. The van der Waals surface area contributed by atoms with Crippen molar-refractivity contribution in [2.75, 3.05) is 9.80 Å². The summed E-state index contributed by atoms with van der Waals surface area (Å²) in [7, 11) is 0. The Bertz CT molecular complexity index is 7970. The largest absolute Gasteiger partial charge is 0.310 e. The predicted molar refractivity (Wildman–Crippen MR) is 562 cm³/mol. The number of hydrogen-bond donors (Lipinski definition) is 0. The number of aromatic nitrogens is 3. The zero-order valence-corrected chi connectivity index (χ0v) is 78.4. The molecule has 3 aromatic heterocycles. The third kappa shape index (κ3) is 13.1. The van der Waals surface area contributed by atoms with Crippen LogP contribution in [0.4, 0.5) is 34.1 Å². The van der Waals surface area contributed by atoms with Crippen LogP contribution in [0, 0.1) is 0 Å². The Hall–Kier alpha value is -14.2. The molecular formula is C125H110BN5. The van der Waals surface area contributed by atoms with Gasteiger partial charge in [0.05, 0.1) is 44.5 Å². The predicted octanol–water partition coefficient (Wildman–Crippen LogP) is 32.2. The first-order chi connectivity index (χ1) is 62.9. The highest BCUT2D eigenvalue weighted by Crippen LogP contribution is 2.58. The van der Waals surface area contributed by atoms with Crippen molar-refractivity contribution in [2.24, 2.45) is 0 Å². The molecule has 23 rings (SSSR count).